The summed E-state index contributed by atoms with van der Waals surface area (Å²) in [4.78, 5) is 21.7. The molecule has 0 aromatic heterocycles. The number of carboxylic acids is 1. The molecule has 0 fully saturated rings. The standard InChI is InChI=1S/C10H8ClF3O3.C9H6ClF3O3/c1-16-8-6(10(12,13)14)3-5(4-7(8)11)9(15)17-2;1-16-7-5(9(11,12)13)2-4(8(14)15)3-6(7)10/h3-4H,1-2H3;2-3H,1H3,(H,14,15). The van der Waals surface area contributed by atoms with Crippen LogP contribution in [0.2, 0.25) is 10.0 Å². The average Bonchev–Trinajstić information content (AvgIpc) is 2.70. The van der Waals surface area contributed by atoms with Crippen LogP contribution in [0.4, 0.5) is 26.3 Å². The molecule has 1 N–H and O–H groups in total. The molecule has 0 amide bonds. The molecule has 0 atom stereocenters. The van der Waals surface area contributed by atoms with Crippen LogP contribution in [0.1, 0.15) is 31.8 Å². The van der Waals surface area contributed by atoms with Crippen molar-refractivity contribution < 1.29 is 55.2 Å². The molecule has 2 rings (SSSR count). The fraction of sp³-hybridized carbons (Fsp3) is 0.263. The van der Waals surface area contributed by atoms with E-state index in [1.54, 1.807) is 0 Å². The maximum atomic E-state index is 12.7. The van der Waals surface area contributed by atoms with Crippen LogP contribution in [0.3, 0.4) is 0 Å². The van der Waals surface area contributed by atoms with E-state index in [1.807, 2.05) is 0 Å². The van der Waals surface area contributed by atoms with Crippen LogP contribution >= 0.6 is 23.2 Å². The van der Waals surface area contributed by atoms with Gasteiger partial charge < -0.3 is 19.3 Å². The molecule has 0 heterocycles. The molecule has 33 heavy (non-hydrogen) atoms. The van der Waals surface area contributed by atoms with Crippen molar-refractivity contribution in [2.24, 2.45) is 0 Å². The number of benzene rings is 2. The number of hydrogen-bond acceptors (Lipinski definition) is 5. The van der Waals surface area contributed by atoms with E-state index in [9.17, 15) is 35.9 Å². The van der Waals surface area contributed by atoms with Gasteiger partial charge in [-0.2, -0.15) is 26.3 Å². The Morgan fingerprint density at radius 3 is 1.42 bits per heavy atom. The van der Waals surface area contributed by atoms with Crippen molar-refractivity contribution in [3.8, 4) is 11.5 Å². The van der Waals surface area contributed by atoms with Gasteiger partial charge in [-0.25, -0.2) is 9.59 Å². The predicted molar refractivity (Wildman–Crippen MR) is 104 cm³/mol. The minimum atomic E-state index is -4.72. The molecule has 182 valence electrons. The lowest BCUT2D eigenvalue weighted by Gasteiger charge is -2.14. The second kappa shape index (κ2) is 10.8. The Kier molecular flexibility index (Phi) is 9.25. The normalized spacial score (nSPS) is 11.2. The molecule has 0 saturated carbocycles. The molecule has 0 spiro atoms. The largest absolute Gasteiger partial charge is 0.495 e. The van der Waals surface area contributed by atoms with Gasteiger partial charge in [-0.1, -0.05) is 23.2 Å². The van der Waals surface area contributed by atoms with Crippen molar-refractivity contribution in [2.75, 3.05) is 21.3 Å². The fourth-order valence-corrected chi connectivity index (χ4v) is 2.98. The number of methoxy groups -OCH3 is 3. The molecular weight excluding hydrogens is 509 g/mol. The Hall–Kier alpha value is -2.86. The highest BCUT2D eigenvalue weighted by molar-refractivity contribution is 6.33. The first-order chi connectivity index (χ1) is 15.1. The van der Waals surface area contributed by atoms with Crippen LogP contribution in [-0.4, -0.2) is 38.4 Å². The van der Waals surface area contributed by atoms with Crippen molar-refractivity contribution in [1.29, 1.82) is 0 Å². The molecule has 2 aromatic rings. The Morgan fingerprint density at radius 1 is 0.758 bits per heavy atom. The van der Waals surface area contributed by atoms with Gasteiger partial charge in [-0.05, 0) is 24.3 Å². The van der Waals surface area contributed by atoms with Crippen LogP contribution in [-0.2, 0) is 17.1 Å². The summed E-state index contributed by atoms with van der Waals surface area (Å²) in [5.41, 5.74) is -3.16. The van der Waals surface area contributed by atoms with E-state index in [4.69, 9.17) is 28.3 Å². The van der Waals surface area contributed by atoms with Crippen molar-refractivity contribution in [3.63, 3.8) is 0 Å². The fourth-order valence-electron chi connectivity index (χ4n) is 2.38. The third-order valence-corrected chi connectivity index (χ3v) is 4.34. The average molecular weight is 523 g/mol. The van der Waals surface area contributed by atoms with Gasteiger partial charge in [0.2, 0.25) is 0 Å². The number of alkyl halides is 6. The number of rotatable bonds is 4. The maximum absolute atomic E-state index is 12.7. The van der Waals surface area contributed by atoms with E-state index in [0.29, 0.717) is 12.1 Å². The van der Waals surface area contributed by atoms with Gasteiger partial charge in [0.1, 0.15) is 11.5 Å². The smallest absolute Gasteiger partial charge is 0.420 e. The molecule has 0 bridgehead atoms. The Morgan fingerprint density at radius 2 is 1.12 bits per heavy atom. The molecule has 0 unspecified atom stereocenters. The van der Waals surface area contributed by atoms with Gasteiger partial charge in [0.25, 0.3) is 0 Å². The zero-order chi connectivity index (χ0) is 25.7. The molecule has 2 aromatic carbocycles. The molecule has 0 saturated heterocycles. The summed E-state index contributed by atoms with van der Waals surface area (Å²) in [7, 11) is 3.15. The van der Waals surface area contributed by atoms with E-state index in [1.165, 1.54) is 0 Å². The van der Waals surface area contributed by atoms with Crippen LogP contribution in [0.15, 0.2) is 24.3 Å². The Labute approximate surface area is 192 Å². The van der Waals surface area contributed by atoms with Crippen molar-refractivity contribution in [3.05, 3.63) is 56.6 Å². The lowest BCUT2D eigenvalue weighted by Crippen LogP contribution is -2.11. The SMILES string of the molecule is COC(=O)c1cc(Cl)c(OC)c(C(F)(F)F)c1.COc1c(Cl)cc(C(=O)O)cc1C(F)(F)F. The first-order valence-corrected chi connectivity index (χ1v) is 9.05. The van der Waals surface area contributed by atoms with Crippen molar-refractivity contribution in [2.45, 2.75) is 12.4 Å². The summed E-state index contributed by atoms with van der Waals surface area (Å²) >= 11 is 11.1. The summed E-state index contributed by atoms with van der Waals surface area (Å²) in [6, 6.07) is 3.07. The summed E-state index contributed by atoms with van der Waals surface area (Å²) in [5.74, 6) is -3.50. The third-order valence-electron chi connectivity index (χ3n) is 3.77. The molecule has 14 heteroatoms. The topological polar surface area (TPSA) is 82.1 Å². The highest BCUT2D eigenvalue weighted by Crippen LogP contribution is 2.42. The minimum absolute atomic E-state index is 0.286. The lowest BCUT2D eigenvalue weighted by atomic mass is 10.1. The van der Waals surface area contributed by atoms with Crippen LogP contribution in [0, 0.1) is 0 Å². The van der Waals surface area contributed by atoms with Crippen LogP contribution in [0.5, 0.6) is 11.5 Å². The summed E-state index contributed by atoms with van der Waals surface area (Å²) in [6.45, 7) is 0. The van der Waals surface area contributed by atoms with Gasteiger partial charge in [0.05, 0.1) is 53.6 Å². The second-order valence-corrected chi connectivity index (χ2v) is 6.68. The van der Waals surface area contributed by atoms with Gasteiger partial charge in [0.15, 0.2) is 0 Å². The van der Waals surface area contributed by atoms with E-state index in [0.717, 1.165) is 33.5 Å². The van der Waals surface area contributed by atoms with Crippen LogP contribution < -0.4 is 9.47 Å². The van der Waals surface area contributed by atoms with Crippen LogP contribution in [0.25, 0.3) is 0 Å². The number of halogens is 8. The number of carbonyl (C=O) groups excluding carboxylic acids is 1. The monoisotopic (exact) mass is 522 g/mol. The van der Waals surface area contributed by atoms with Crippen molar-refractivity contribution >= 4 is 35.1 Å². The number of aromatic carboxylic acids is 1. The van der Waals surface area contributed by atoms with Gasteiger partial charge >= 0.3 is 24.3 Å². The van der Waals surface area contributed by atoms with Gasteiger partial charge in [0, 0.05) is 0 Å². The highest BCUT2D eigenvalue weighted by atomic mass is 35.5. The summed E-state index contributed by atoms with van der Waals surface area (Å²) in [6.07, 6.45) is -9.39. The number of carbonyl (C=O) groups is 2. The number of ether oxygens (including phenoxy) is 3. The number of esters is 1. The minimum Gasteiger partial charge on any atom is -0.495 e. The van der Waals surface area contributed by atoms with Crippen molar-refractivity contribution in [1.82, 2.24) is 0 Å². The predicted octanol–water partition coefficient (Wildman–Crippen LogP) is 6.22. The highest BCUT2D eigenvalue weighted by Gasteiger charge is 2.37. The molecule has 0 aliphatic rings. The summed E-state index contributed by atoms with van der Waals surface area (Å²) in [5, 5.41) is 7.90. The molecule has 6 nitrogen and oxygen atoms in total. The molecule has 0 aliphatic carbocycles. The Balaban J connectivity index is 0.000000331. The summed E-state index contributed by atoms with van der Waals surface area (Å²) < 4.78 is 89.0. The quantitative estimate of drug-likeness (QED) is 0.379. The Bertz CT molecular complexity index is 1040. The lowest BCUT2D eigenvalue weighted by molar-refractivity contribution is -0.139. The molecule has 0 radical (unpaired) electrons. The molecule has 0 aliphatic heterocycles. The van der Waals surface area contributed by atoms with E-state index in [2.05, 4.69) is 14.2 Å². The third kappa shape index (κ3) is 7.06. The van der Waals surface area contributed by atoms with Gasteiger partial charge in [-0.3, -0.25) is 0 Å². The first-order valence-electron chi connectivity index (χ1n) is 8.29. The zero-order valence-electron chi connectivity index (χ0n) is 16.8. The molecular formula is C19H14Cl2F6O6. The maximum Gasteiger partial charge on any atom is 0.420 e. The van der Waals surface area contributed by atoms with E-state index in [-0.39, 0.29) is 10.6 Å². The first kappa shape index (κ1) is 28.2. The van der Waals surface area contributed by atoms with E-state index < -0.39 is 57.5 Å². The van der Waals surface area contributed by atoms with Gasteiger partial charge in [-0.15, -0.1) is 0 Å². The second-order valence-electron chi connectivity index (χ2n) is 5.87. The van der Waals surface area contributed by atoms with E-state index >= 15 is 0 Å². The number of carboxylic acid groups (broad SMARTS) is 1. The zero-order valence-corrected chi connectivity index (χ0v) is 18.3. The number of hydrogen-bond donors (Lipinski definition) is 1.